The maximum atomic E-state index is 16.8. The Labute approximate surface area is 186 Å². The van der Waals surface area contributed by atoms with Crippen LogP contribution in [0.25, 0.3) is 0 Å². The molecule has 0 atom stereocenters. The molecule has 0 amide bonds. The van der Waals surface area contributed by atoms with Gasteiger partial charge in [0.2, 0.25) is 0 Å². The Balaban J connectivity index is 1.88. The molecule has 0 saturated carbocycles. The summed E-state index contributed by atoms with van der Waals surface area (Å²) in [7, 11) is -11.8. The molecule has 0 nitrogen and oxygen atoms in total. The van der Waals surface area contributed by atoms with Crippen molar-refractivity contribution in [2.45, 2.75) is 0 Å². The topological polar surface area (TPSA) is 0 Å². The van der Waals surface area contributed by atoms with Crippen molar-refractivity contribution in [3.8, 4) is 0 Å². The zero-order chi connectivity index (χ0) is 22.8. The van der Waals surface area contributed by atoms with Crippen LogP contribution in [0.4, 0.5) is 16.8 Å². The van der Waals surface area contributed by atoms with Crippen LogP contribution in [0.2, 0.25) is 0 Å². The summed E-state index contributed by atoms with van der Waals surface area (Å²) >= 11 is 0. The Bertz CT molecular complexity index is 998. The van der Waals surface area contributed by atoms with Gasteiger partial charge in [-0.2, -0.15) is 0 Å². The zero-order valence-corrected chi connectivity index (χ0v) is 19.2. The van der Waals surface area contributed by atoms with Gasteiger partial charge in [-0.05, 0) is 0 Å². The van der Waals surface area contributed by atoms with Gasteiger partial charge in [-0.1, -0.05) is 0 Å². The molecule has 0 unspecified atom stereocenters. The second-order valence-electron chi connectivity index (χ2n) is 7.93. The molecule has 4 aromatic rings. The molecule has 0 aliphatic heterocycles. The average molecular weight is 474 g/mol. The monoisotopic (exact) mass is 474 g/mol. The van der Waals surface area contributed by atoms with Crippen LogP contribution >= 0.6 is 14.4 Å². The van der Waals surface area contributed by atoms with Crippen LogP contribution in [0.5, 0.6) is 0 Å². The van der Waals surface area contributed by atoms with Gasteiger partial charge in [0.25, 0.3) is 0 Å². The van der Waals surface area contributed by atoms with Gasteiger partial charge in [0.15, 0.2) is 0 Å². The molecule has 0 heterocycles. The molecule has 0 saturated heterocycles. The quantitative estimate of drug-likeness (QED) is 0.201. The molecule has 0 radical (unpaired) electrons. The number of hydrogen-bond acceptors (Lipinski definition) is 0. The zero-order valence-electron chi connectivity index (χ0n) is 17.4. The van der Waals surface area contributed by atoms with Gasteiger partial charge in [-0.15, -0.1) is 0 Å². The van der Waals surface area contributed by atoms with Gasteiger partial charge in [-0.3, -0.25) is 0 Å². The predicted molar refractivity (Wildman–Crippen MR) is 132 cm³/mol. The van der Waals surface area contributed by atoms with Crippen molar-refractivity contribution in [1.29, 1.82) is 0 Å². The summed E-state index contributed by atoms with van der Waals surface area (Å²) in [5.41, 5.74) is 0. The van der Waals surface area contributed by atoms with E-state index in [0.717, 1.165) is 0 Å². The number of benzene rings is 4. The third-order valence-electron chi connectivity index (χ3n) is 5.94. The van der Waals surface area contributed by atoms with E-state index in [1.807, 2.05) is 0 Å². The second kappa shape index (κ2) is 8.10. The van der Waals surface area contributed by atoms with Crippen LogP contribution in [0.3, 0.4) is 0 Å². The average Bonchev–Trinajstić information content (AvgIpc) is 2.86. The Hall–Kier alpha value is -2.54. The molecule has 4 rings (SSSR count). The molecule has 0 N–H and O–H groups in total. The van der Waals surface area contributed by atoms with E-state index in [0.29, 0.717) is 0 Å². The molecule has 32 heavy (non-hydrogen) atoms. The molecule has 4 aromatic carbocycles. The van der Waals surface area contributed by atoms with E-state index in [4.69, 9.17) is 0 Å². The molecule has 0 aliphatic carbocycles. The molecule has 0 spiro atoms. The van der Waals surface area contributed by atoms with Gasteiger partial charge in [0.05, 0.1) is 0 Å². The summed E-state index contributed by atoms with van der Waals surface area (Å²) in [6.07, 6.45) is -1.79. The first-order chi connectivity index (χ1) is 15.2. The summed E-state index contributed by atoms with van der Waals surface area (Å²) in [5, 5.41) is -0.651. The summed E-state index contributed by atoms with van der Waals surface area (Å²) in [6, 6.07) is 29.8. The van der Waals surface area contributed by atoms with E-state index in [1.54, 1.807) is 24.3 Å². The van der Waals surface area contributed by atoms with Crippen LogP contribution in [-0.4, -0.2) is 12.3 Å². The van der Waals surface area contributed by atoms with E-state index >= 15 is 16.8 Å². The first kappa shape index (κ1) is 22.6. The Kier molecular flexibility index (Phi) is 5.74. The Morgan fingerprint density at radius 1 is 0.344 bits per heavy atom. The molecular formula is C26H24F4P2. The van der Waals surface area contributed by atoms with Crippen molar-refractivity contribution >= 4 is 35.7 Å². The van der Waals surface area contributed by atoms with Crippen LogP contribution < -0.4 is 21.2 Å². The predicted octanol–water partition coefficient (Wildman–Crippen LogP) is 6.93. The van der Waals surface area contributed by atoms with Crippen molar-refractivity contribution in [2.75, 3.05) is 12.3 Å². The van der Waals surface area contributed by atoms with Gasteiger partial charge in [-0.25, -0.2) is 0 Å². The van der Waals surface area contributed by atoms with Crippen LogP contribution in [0.1, 0.15) is 0 Å². The van der Waals surface area contributed by atoms with Gasteiger partial charge in [0.1, 0.15) is 0 Å². The van der Waals surface area contributed by atoms with Gasteiger partial charge in [0, 0.05) is 0 Å². The SMILES string of the molecule is FP(F)(CCP(F)(F)(c1ccccc1)c1ccccc1)(c1ccccc1)c1ccccc1. The molecule has 0 aromatic heterocycles. The van der Waals surface area contributed by atoms with Gasteiger partial charge >= 0.3 is 186 Å². The molecule has 0 fully saturated rings. The minimum absolute atomic E-state index is 0.163. The second-order valence-corrected chi connectivity index (χ2v) is 15.2. The van der Waals surface area contributed by atoms with Crippen LogP contribution in [0.15, 0.2) is 121 Å². The van der Waals surface area contributed by atoms with Crippen LogP contribution in [-0.2, 0) is 0 Å². The van der Waals surface area contributed by atoms with E-state index < -0.39 is 26.8 Å². The fourth-order valence-corrected chi connectivity index (χ4v) is 11.5. The molecule has 0 bridgehead atoms. The summed E-state index contributed by atoms with van der Waals surface area (Å²) in [4.78, 5) is 0. The van der Waals surface area contributed by atoms with Gasteiger partial charge < -0.3 is 0 Å². The van der Waals surface area contributed by atoms with Crippen molar-refractivity contribution in [2.24, 2.45) is 0 Å². The molecular weight excluding hydrogens is 450 g/mol. The minimum atomic E-state index is -5.88. The number of halogens is 4. The summed E-state index contributed by atoms with van der Waals surface area (Å²) in [6.45, 7) is 0. The van der Waals surface area contributed by atoms with E-state index in [-0.39, 0.29) is 21.2 Å². The summed E-state index contributed by atoms with van der Waals surface area (Å²) < 4.78 is 67.3. The fraction of sp³-hybridized carbons (Fsp3) is 0.0769. The summed E-state index contributed by atoms with van der Waals surface area (Å²) in [5.74, 6) is 0. The maximum absolute atomic E-state index is 16.8. The first-order valence-electron chi connectivity index (χ1n) is 10.3. The van der Waals surface area contributed by atoms with E-state index in [2.05, 4.69) is 0 Å². The molecule has 0 aliphatic rings. The molecule has 166 valence electrons. The Morgan fingerprint density at radius 3 is 0.719 bits per heavy atom. The Morgan fingerprint density at radius 2 is 0.531 bits per heavy atom. The normalized spacial score (nSPS) is 14.6. The standard InChI is InChI=1S/C26H24F4P2/c27-31(28,23-13-5-1-6-14-23,24-15-7-2-8-16-24)21-22-32(29,30,25-17-9-3-10-18-25)26-19-11-4-12-20-26/h1-20H,21-22H2. The van der Waals surface area contributed by atoms with E-state index in [9.17, 15) is 0 Å². The third-order valence-corrected chi connectivity index (χ3v) is 13.6. The van der Waals surface area contributed by atoms with Crippen molar-refractivity contribution in [3.05, 3.63) is 121 Å². The van der Waals surface area contributed by atoms with Crippen LogP contribution in [0, 0.1) is 0 Å². The van der Waals surface area contributed by atoms with Crippen molar-refractivity contribution < 1.29 is 16.8 Å². The van der Waals surface area contributed by atoms with E-state index in [1.165, 1.54) is 97.1 Å². The third kappa shape index (κ3) is 3.87. The molecule has 6 heteroatoms. The fourth-order valence-electron chi connectivity index (χ4n) is 4.05. The number of rotatable bonds is 7. The number of hydrogen-bond donors (Lipinski definition) is 0. The first-order valence-corrected chi connectivity index (χ1v) is 14.8. The van der Waals surface area contributed by atoms with Crippen molar-refractivity contribution in [1.82, 2.24) is 0 Å². The van der Waals surface area contributed by atoms with Crippen molar-refractivity contribution in [3.63, 3.8) is 0 Å².